The molecule has 2 aromatic carbocycles. The minimum absolute atomic E-state index is 0.0163. The van der Waals surface area contributed by atoms with E-state index in [9.17, 15) is 18.0 Å². The number of rotatable bonds is 2. The van der Waals surface area contributed by atoms with E-state index in [0.717, 1.165) is 24.3 Å². The van der Waals surface area contributed by atoms with Crippen LogP contribution in [0.3, 0.4) is 0 Å². The molecule has 2 rings (SSSR count). The van der Waals surface area contributed by atoms with E-state index in [-0.39, 0.29) is 16.1 Å². The van der Waals surface area contributed by atoms with Crippen molar-refractivity contribution in [3.05, 3.63) is 58.4 Å². The van der Waals surface area contributed by atoms with Gasteiger partial charge in [-0.25, -0.2) is 18.0 Å². The lowest BCUT2D eigenvalue weighted by atomic mass is 10.0. The number of benzene rings is 2. The number of aromatic carboxylic acids is 1. The quantitative estimate of drug-likeness (QED) is 0.901. The van der Waals surface area contributed by atoms with Crippen molar-refractivity contribution in [3.8, 4) is 11.1 Å². The van der Waals surface area contributed by atoms with Gasteiger partial charge in [-0.3, -0.25) is 0 Å². The molecular weight excluding hydrogens is 281 g/mol. The number of carboxylic acids is 1. The van der Waals surface area contributed by atoms with E-state index < -0.39 is 29.0 Å². The molecule has 0 aliphatic carbocycles. The molecule has 0 saturated carbocycles. The van der Waals surface area contributed by atoms with Crippen molar-refractivity contribution in [2.75, 3.05) is 0 Å². The summed E-state index contributed by atoms with van der Waals surface area (Å²) < 4.78 is 39.7. The topological polar surface area (TPSA) is 37.3 Å². The van der Waals surface area contributed by atoms with Crippen LogP contribution in [0.1, 0.15) is 10.4 Å². The van der Waals surface area contributed by atoms with Crippen molar-refractivity contribution >= 4 is 17.6 Å². The van der Waals surface area contributed by atoms with Gasteiger partial charge in [0.2, 0.25) is 0 Å². The molecule has 0 atom stereocenters. The Morgan fingerprint density at radius 3 is 2.11 bits per heavy atom. The van der Waals surface area contributed by atoms with Gasteiger partial charge in [-0.05, 0) is 29.8 Å². The van der Waals surface area contributed by atoms with Gasteiger partial charge in [-0.2, -0.15) is 0 Å². The molecule has 0 bridgehead atoms. The summed E-state index contributed by atoms with van der Waals surface area (Å²) in [5.74, 6) is -4.18. The molecule has 0 unspecified atom stereocenters. The van der Waals surface area contributed by atoms with Crippen LogP contribution in [0.5, 0.6) is 0 Å². The summed E-state index contributed by atoms with van der Waals surface area (Å²) in [7, 11) is 0. The van der Waals surface area contributed by atoms with Crippen molar-refractivity contribution in [3.63, 3.8) is 0 Å². The summed E-state index contributed by atoms with van der Waals surface area (Å²) >= 11 is 5.81. The molecule has 2 nitrogen and oxygen atoms in total. The molecule has 0 aromatic heterocycles. The Morgan fingerprint density at radius 2 is 1.58 bits per heavy atom. The first kappa shape index (κ1) is 13.4. The maximum atomic E-state index is 13.5. The number of carbonyl (C=O) groups is 1. The highest BCUT2D eigenvalue weighted by Gasteiger charge is 2.16. The van der Waals surface area contributed by atoms with Crippen LogP contribution in [0.25, 0.3) is 11.1 Å². The summed E-state index contributed by atoms with van der Waals surface area (Å²) in [5.41, 5.74) is -0.563. The smallest absolute Gasteiger partial charge is 0.338 e. The minimum Gasteiger partial charge on any atom is -0.478 e. The zero-order chi connectivity index (χ0) is 14.2. The van der Waals surface area contributed by atoms with Crippen LogP contribution in [-0.4, -0.2) is 11.1 Å². The van der Waals surface area contributed by atoms with Gasteiger partial charge in [0.1, 0.15) is 17.5 Å². The highest BCUT2D eigenvalue weighted by molar-refractivity contribution is 6.33. The van der Waals surface area contributed by atoms with Gasteiger partial charge >= 0.3 is 5.97 Å². The van der Waals surface area contributed by atoms with Crippen molar-refractivity contribution in [2.24, 2.45) is 0 Å². The molecule has 0 aliphatic rings. The third-order valence-electron chi connectivity index (χ3n) is 2.46. The average Bonchev–Trinajstić information content (AvgIpc) is 2.30. The number of hydrogen-bond acceptors (Lipinski definition) is 1. The fourth-order valence-electron chi connectivity index (χ4n) is 1.64. The summed E-state index contributed by atoms with van der Waals surface area (Å²) in [6.45, 7) is 0. The molecule has 0 fully saturated rings. The van der Waals surface area contributed by atoms with Gasteiger partial charge in [0, 0.05) is 16.7 Å². The fourth-order valence-corrected chi connectivity index (χ4v) is 1.91. The van der Waals surface area contributed by atoms with E-state index >= 15 is 0 Å². The van der Waals surface area contributed by atoms with Crippen LogP contribution in [0, 0.1) is 17.5 Å². The van der Waals surface area contributed by atoms with Crippen LogP contribution >= 0.6 is 11.6 Å². The Balaban J connectivity index is 2.63. The highest BCUT2D eigenvalue weighted by atomic mass is 35.5. The van der Waals surface area contributed by atoms with Gasteiger partial charge in [0.25, 0.3) is 0 Å². The number of halogens is 4. The van der Waals surface area contributed by atoms with Crippen LogP contribution in [-0.2, 0) is 0 Å². The predicted octanol–water partition coefficient (Wildman–Crippen LogP) is 4.12. The molecule has 0 radical (unpaired) electrons. The van der Waals surface area contributed by atoms with E-state index in [2.05, 4.69) is 0 Å². The Morgan fingerprint density at radius 1 is 1.00 bits per heavy atom. The number of hydrogen-bond donors (Lipinski definition) is 1. The molecule has 0 saturated heterocycles. The Kier molecular flexibility index (Phi) is 3.48. The standard InChI is InChI=1S/C13H6ClF3O2/c14-11-4-10(13(18)19)12(17)5-9(11)6-1-7(15)3-8(16)2-6/h1-5H,(H,18,19). The molecule has 1 N–H and O–H groups in total. The van der Waals surface area contributed by atoms with Gasteiger partial charge < -0.3 is 5.11 Å². The second-order valence-corrected chi connectivity index (χ2v) is 4.18. The summed E-state index contributed by atoms with van der Waals surface area (Å²) in [5, 5.41) is 8.61. The first-order chi connectivity index (χ1) is 8.88. The molecule has 19 heavy (non-hydrogen) atoms. The lowest BCUT2D eigenvalue weighted by molar-refractivity contribution is 0.0692. The Hall–Kier alpha value is -2.01. The van der Waals surface area contributed by atoms with E-state index in [0.29, 0.717) is 6.07 Å². The molecule has 0 amide bonds. The SMILES string of the molecule is O=C(O)c1cc(Cl)c(-c2cc(F)cc(F)c2)cc1F. The Bertz CT molecular complexity index is 651. The van der Waals surface area contributed by atoms with Crippen molar-refractivity contribution in [1.82, 2.24) is 0 Å². The van der Waals surface area contributed by atoms with Crippen molar-refractivity contribution in [1.29, 1.82) is 0 Å². The van der Waals surface area contributed by atoms with E-state index in [1.54, 1.807) is 0 Å². The highest BCUT2D eigenvalue weighted by Crippen LogP contribution is 2.31. The minimum atomic E-state index is -1.48. The van der Waals surface area contributed by atoms with Crippen molar-refractivity contribution < 1.29 is 23.1 Å². The molecule has 98 valence electrons. The maximum Gasteiger partial charge on any atom is 0.338 e. The largest absolute Gasteiger partial charge is 0.478 e. The van der Waals surface area contributed by atoms with Gasteiger partial charge in [0.15, 0.2) is 0 Å². The summed E-state index contributed by atoms with van der Waals surface area (Å²) in [6.07, 6.45) is 0. The Labute approximate surface area is 111 Å². The normalized spacial score (nSPS) is 10.5. The zero-order valence-electron chi connectivity index (χ0n) is 9.25. The molecule has 0 aliphatic heterocycles. The van der Waals surface area contributed by atoms with Gasteiger partial charge in [-0.1, -0.05) is 11.6 Å². The third-order valence-corrected chi connectivity index (χ3v) is 2.77. The van der Waals surface area contributed by atoms with Crippen LogP contribution in [0.15, 0.2) is 30.3 Å². The lowest BCUT2D eigenvalue weighted by Gasteiger charge is -2.07. The van der Waals surface area contributed by atoms with Crippen LogP contribution in [0.4, 0.5) is 13.2 Å². The molecule has 0 heterocycles. The van der Waals surface area contributed by atoms with E-state index in [1.165, 1.54) is 0 Å². The molecule has 2 aromatic rings. The second-order valence-electron chi connectivity index (χ2n) is 3.78. The fraction of sp³-hybridized carbons (Fsp3) is 0. The first-order valence-electron chi connectivity index (χ1n) is 5.07. The zero-order valence-corrected chi connectivity index (χ0v) is 10.0. The van der Waals surface area contributed by atoms with Gasteiger partial charge in [-0.15, -0.1) is 0 Å². The van der Waals surface area contributed by atoms with E-state index in [4.69, 9.17) is 16.7 Å². The van der Waals surface area contributed by atoms with Crippen LogP contribution < -0.4 is 0 Å². The molecule has 6 heteroatoms. The van der Waals surface area contributed by atoms with Crippen LogP contribution in [0.2, 0.25) is 5.02 Å². The lowest BCUT2D eigenvalue weighted by Crippen LogP contribution is -2.01. The van der Waals surface area contributed by atoms with E-state index in [1.807, 2.05) is 0 Å². The van der Waals surface area contributed by atoms with Gasteiger partial charge in [0.05, 0.1) is 5.56 Å². The third kappa shape index (κ3) is 2.71. The molecular formula is C13H6ClF3O2. The first-order valence-corrected chi connectivity index (χ1v) is 5.45. The monoisotopic (exact) mass is 286 g/mol. The summed E-state index contributed by atoms with van der Waals surface area (Å²) in [6, 6.07) is 4.35. The predicted molar refractivity (Wildman–Crippen MR) is 63.7 cm³/mol. The average molecular weight is 287 g/mol. The second kappa shape index (κ2) is 4.93. The maximum absolute atomic E-state index is 13.5. The number of carboxylic acid groups (broad SMARTS) is 1. The molecule has 0 spiro atoms. The summed E-state index contributed by atoms with van der Waals surface area (Å²) in [4.78, 5) is 10.7. The van der Waals surface area contributed by atoms with Crippen molar-refractivity contribution in [2.45, 2.75) is 0 Å².